The predicted octanol–water partition coefficient (Wildman–Crippen LogP) is 4.03. The number of likely N-dealkylation sites (tertiary alicyclic amines) is 1. The van der Waals surface area contributed by atoms with Crippen LogP contribution in [-0.2, 0) is 19.7 Å². The summed E-state index contributed by atoms with van der Waals surface area (Å²) in [4.78, 5) is 39.4. The third-order valence-electron chi connectivity index (χ3n) is 7.44. The van der Waals surface area contributed by atoms with E-state index in [1.165, 1.54) is 13.8 Å². The molecule has 1 aliphatic heterocycles. The maximum Gasteiger partial charge on any atom is 0.308 e. The SMILES string of the molecule is C=CCN1CC[C@@]2(c3cccc(OC(C)=O)c3)C[C@H](NC(=O)c3ccccc3)CC[C@]2(OC(C)=O)C1. The first-order valence-electron chi connectivity index (χ1n) is 12.4. The molecule has 0 radical (unpaired) electrons. The lowest BCUT2D eigenvalue weighted by Gasteiger charge is -2.59. The van der Waals surface area contributed by atoms with Crippen LogP contribution < -0.4 is 10.1 Å². The van der Waals surface area contributed by atoms with Crippen molar-refractivity contribution in [3.8, 4) is 5.75 Å². The Balaban J connectivity index is 1.74. The number of nitrogens with one attached hydrogen (secondary N) is 1. The first-order chi connectivity index (χ1) is 17.3. The lowest BCUT2D eigenvalue weighted by Crippen LogP contribution is -2.68. The molecule has 1 amide bonds. The highest BCUT2D eigenvalue weighted by Gasteiger charge is 2.60. The number of hydrogen-bond acceptors (Lipinski definition) is 6. The zero-order valence-electron chi connectivity index (χ0n) is 21.0. The Morgan fingerprint density at radius 1 is 1.08 bits per heavy atom. The van der Waals surface area contributed by atoms with E-state index in [-0.39, 0.29) is 17.9 Å². The van der Waals surface area contributed by atoms with Gasteiger partial charge in [0.15, 0.2) is 0 Å². The van der Waals surface area contributed by atoms with Crippen LogP contribution in [0.15, 0.2) is 67.3 Å². The third-order valence-corrected chi connectivity index (χ3v) is 7.44. The Morgan fingerprint density at radius 3 is 2.56 bits per heavy atom. The van der Waals surface area contributed by atoms with Crippen molar-refractivity contribution >= 4 is 17.8 Å². The molecule has 190 valence electrons. The number of amides is 1. The molecule has 0 aromatic heterocycles. The molecule has 2 aliphatic rings. The molecule has 0 spiro atoms. The molecule has 4 rings (SSSR count). The maximum absolute atomic E-state index is 13.0. The zero-order chi connectivity index (χ0) is 25.8. The molecule has 1 heterocycles. The minimum atomic E-state index is -0.789. The van der Waals surface area contributed by atoms with Crippen LogP contribution in [-0.4, -0.2) is 54.0 Å². The number of fused-ring (bicyclic) bond motifs is 1. The zero-order valence-corrected chi connectivity index (χ0v) is 21.0. The molecule has 0 bridgehead atoms. The van der Waals surface area contributed by atoms with Crippen molar-refractivity contribution in [3.63, 3.8) is 0 Å². The van der Waals surface area contributed by atoms with Crippen LogP contribution in [0.1, 0.15) is 55.5 Å². The molecule has 2 aromatic carbocycles. The summed E-state index contributed by atoms with van der Waals surface area (Å²) in [6, 6.07) is 16.6. The molecule has 36 heavy (non-hydrogen) atoms. The molecule has 1 saturated heterocycles. The Hall–Kier alpha value is -3.45. The van der Waals surface area contributed by atoms with E-state index in [0.717, 1.165) is 18.5 Å². The lowest BCUT2D eigenvalue weighted by atomic mass is 9.55. The van der Waals surface area contributed by atoms with Gasteiger partial charge in [0.1, 0.15) is 11.4 Å². The van der Waals surface area contributed by atoms with Gasteiger partial charge < -0.3 is 14.8 Å². The molecule has 3 atom stereocenters. The van der Waals surface area contributed by atoms with E-state index in [1.807, 2.05) is 42.5 Å². The average molecular weight is 491 g/mol. The Morgan fingerprint density at radius 2 is 1.86 bits per heavy atom. The number of ether oxygens (including phenoxy) is 2. The number of carbonyl (C=O) groups is 3. The van der Waals surface area contributed by atoms with Gasteiger partial charge in [0.2, 0.25) is 0 Å². The Labute approximate surface area is 212 Å². The smallest absolute Gasteiger partial charge is 0.308 e. The first-order valence-corrected chi connectivity index (χ1v) is 12.4. The van der Waals surface area contributed by atoms with E-state index < -0.39 is 17.0 Å². The van der Waals surface area contributed by atoms with Crippen LogP contribution in [0.2, 0.25) is 0 Å². The highest BCUT2D eigenvalue weighted by atomic mass is 16.6. The van der Waals surface area contributed by atoms with E-state index in [4.69, 9.17) is 9.47 Å². The lowest BCUT2D eigenvalue weighted by molar-refractivity contribution is -0.186. The van der Waals surface area contributed by atoms with Crippen LogP contribution in [0.25, 0.3) is 0 Å². The summed E-state index contributed by atoms with van der Waals surface area (Å²) in [7, 11) is 0. The normalized spacial score (nSPS) is 25.8. The van der Waals surface area contributed by atoms with Gasteiger partial charge in [-0.3, -0.25) is 19.3 Å². The number of esters is 2. The number of rotatable bonds is 7. The van der Waals surface area contributed by atoms with Crippen molar-refractivity contribution in [2.75, 3.05) is 19.6 Å². The quantitative estimate of drug-likeness (QED) is 0.358. The van der Waals surface area contributed by atoms with Gasteiger partial charge in [-0.2, -0.15) is 0 Å². The molecular weight excluding hydrogens is 456 g/mol. The predicted molar refractivity (Wildman–Crippen MR) is 137 cm³/mol. The molecule has 1 saturated carbocycles. The largest absolute Gasteiger partial charge is 0.457 e. The van der Waals surface area contributed by atoms with E-state index in [1.54, 1.807) is 18.2 Å². The van der Waals surface area contributed by atoms with E-state index >= 15 is 0 Å². The second kappa shape index (κ2) is 10.7. The molecule has 0 unspecified atom stereocenters. The van der Waals surface area contributed by atoms with Gasteiger partial charge in [-0.25, -0.2) is 0 Å². The topological polar surface area (TPSA) is 84.9 Å². The second-order valence-electron chi connectivity index (χ2n) is 9.84. The first kappa shape index (κ1) is 25.6. The summed E-state index contributed by atoms with van der Waals surface area (Å²) in [5.41, 5.74) is 0.197. The van der Waals surface area contributed by atoms with Crippen molar-refractivity contribution in [3.05, 3.63) is 78.4 Å². The molecule has 7 heteroatoms. The minimum Gasteiger partial charge on any atom is -0.457 e. The molecule has 1 N–H and O–H groups in total. The number of hydrogen-bond donors (Lipinski definition) is 1. The second-order valence-corrected chi connectivity index (χ2v) is 9.84. The van der Waals surface area contributed by atoms with Gasteiger partial charge >= 0.3 is 11.9 Å². The fourth-order valence-electron chi connectivity index (χ4n) is 6.03. The van der Waals surface area contributed by atoms with E-state index in [9.17, 15) is 14.4 Å². The van der Waals surface area contributed by atoms with Gasteiger partial charge in [-0.15, -0.1) is 6.58 Å². The van der Waals surface area contributed by atoms with E-state index in [0.29, 0.717) is 43.7 Å². The van der Waals surface area contributed by atoms with Gasteiger partial charge in [0.25, 0.3) is 5.91 Å². The maximum atomic E-state index is 13.0. The average Bonchev–Trinajstić information content (AvgIpc) is 2.84. The molecular formula is C29H34N2O5. The van der Waals surface area contributed by atoms with Crippen LogP contribution >= 0.6 is 0 Å². The summed E-state index contributed by atoms with van der Waals surface area (Å²) >= 11 is 0. The highest BCUT2D eigenvalue weighted by molar-refractivity contribution is 5.94. The van der Waals surface area contributed by atoms with Crippen molar-refractivity contribution in [2.45, 2.75) is 56.6 Å². The fourth-order valence-corrected chi connectivity index (χ4v) is 6.03. The summed E-state index contributed by atoms with van der Waals surface area (Å²) < 4.78 is 11.6. The van der Waals surface area contributed by atoms with E-state index in [2.05, 4.69) is 16.8 Å². The number of nitrogens with zero attached hydrogens (tertiary/aromatic N) is 1. The number of piperidine rings is 1. The summed E-state index contributed by atoms with van der Waals surface area (Å²) in [6.45, 7) is 8.75. The molecule has 7 nitrogen and oxygen atoms in total. The molecule has 2 fully saturated rings. The Bertz CT molecular complexity index is 1130. The van der Waals surface area contributed by atoms with Gasteiger partial charge in [0, 0.05) is 44.0 Å². The Kier molecular flexibility index (Phi) is 7.59. The van der Waals surface area contributed by atoms with Gasteiger partial charge in [0.05, 0.1) is 0 Å². The highest BCUT2D eigenvalue weighted by Crippen LogP contribution is 2.54. The van der Waals surface area contributed by atoms with Crippen LogP contribution in [0.3, 0.4) is 0 Å². The third kappa shape index (κ3) is 5.21. The summed E-state index contributed by atoms with van der Waals surface area (Å²) in [5, 5.41) is 3.22. The van der Waals surface area contributed by atoms with Gasteiger partial charge in [-0.05, 0) is 62.1 Å². The van der Waals surface area contributed by atoms with Crippen molar-refractivity contribution < 1.29 is 23.9 Å². The fraction of sp³-hybridized carbons (Fsp3) is 0.414. The minimum absolute atomic E-state index is 0.107. The van der Waals surface area contributed by atoms with Gasteiger partial charge in [-0.1, -0.05) is 36.4 Å². The monoisotopic (exact) mass is 490 g/mol. The van der Waals surface area contributed by atoms with Crippen molar-refractivity contribution in [1.82, 2.24) is 10.2 Å². The summed E-state index contributed by atoms with van der Waals surface area (Å²) in [5.74, 6) is -0.389. The van der Waals surface area contributed by atoms with Crippen LogP contribution in [0.4, 0.5) is 0 Å². The van der Waals surface area contributed by atoms with Crippen LogP contribution in [0, 0.1) is 0 Å². The molecule has 1 aliphatic carbocycles. The van der Waals surface area contributed by atoms with Crippen molar-refractivity contribution in [1.29, 1.82) is 0 Å². The molecule has 2 aromatic rings. The number of carbonyl (C=O) groups excluding carboxylic acids is 3. The standard InChI is InChI=1S/C29H34N2O5/c1-4-16-31-17-15-28(24-11-8-12-26(18-24)35-21(2)32)19-25(13-14-29(28,20-31)36-22(3)33)30-27(34)23-9-6-5-7-10-23/h4-12,18,25H,1,13-17,19-20H2,2-3H3,(H,30,34)/t25-,28+,29+/m1/s1. The van der Waals surface area contributed by atoms with Crippen molar-refractivity contribution in [2.24, 2.45) is 0 Å². The number of benzene rings is 2. The van der Waals surface area contributed by atoms with Crippen LogP contribution in [0.5, 0.6) is 5.75 Å². The summed E-state index contributed by atoms with van der Waals surface area (Å²) in [6.07, 6.45) is 4.46.